The van der Waals surface area contributed by atoms with E-state index in [1.165, 1.54) is 18.2 Å². The lowest BCUT2D eigenvalue weighted by Crippen LogP contribution is -2.55. The minimum atomic E-state index is -3.56. The van der Waals surface area contributed by atoms with Crippen molar-refractivity contribution in [3.05, 3.63) is 105 Å². The van der Waals surface area contributed by atoms with Crippen molar-refractivity contribution in [1.82, 2.24) is 15.1 Å². The van der Waals surface area contributed by atoms with Crippen LogP contribution in [0.25, 0.3) is 11.0 Å². The molecule has 3 amide bonds. The van der Waals surface area contributed by atoms with Crippen LogP contribution in [0.2, 0.25) is 5.02 Å². The molecular formula is C35H35ClN4O7S. The SMILES string of the molecule is CS(=O)(=O)c1ccc2oc(C(=O)N[C@H](Cc3ccc(Cl)cc3)C(=O)N3CCN(c4ccccc4CN4CCCC4=O)CC3)cc(=O)c2c1. The van der Waals surface area contributed by atoms with Crippen LogP contribution < -0.4 is 15.6 Å². The highest BCUT2D eigenvalue weighted by atomic mass is 35.5. The second-order valence-corrected chi connectivity index (χ2v) is 14.6. The number of carbonyl (C=O) groups excluding carboxylic acids is 3. The molecule has 0 saturated carbocycles. The summed E-state index contributed by atoms with van der Waals surface area (Å²) in [6.07, 6.45) is 2.65. The molecule has 0 radical (unpaired) electrons. The van der Waals surface area contributed by atoms with Gasteiger partial charge in [0.05, 0.1) is 10.3 Å². The van der Waals surface area contributed by atoms with Crippen LogP contribution in [0.4, 0.5) is 5.69 Å². The van der Waals surface area contributed by atoms with Gasteiger partial charge < -0.3 is 24.4 Å². The Morgan fingerprint density at radius 1 is 0.938 bits per heavy atom. The van der Waals surface area contributed by atoms with E-state index in [4.69, 9.17) is 16.0 Å². The molecule has 1 N–H and O–H groups in total. The van der Waals surface area contributed by atoms with Crippen LogP contribution in [0.3, 0.4) is 0 Å². The zero-order valence-corrected chi connectivity index (χ0v) is 27.9. The number of likely N-dealkylation sites (tertiary alicyclic amines) is 1. The van der Waals surface area contributed by atoms with Gasteiger partial charge in [-0.05, 0) is 53.9 Å². The van der Waals surface area contributed by atoms with Gasteiger partial charge in [-0.25, -0.2) is 8.42 Å². The molecule has 3 heterocycles. The van der Waals surface area contributed by atoms with Gasteiger partial charge in [-0.15, -0.1) is 0 Å². The second-order valence-electron chi connectivity index (χ2n) is 12.1. The van der Waals surface area contributed by atoms with Gasteiger partial charge in [-0.1, -0.05) is 41.9 Å². The summed E-state index contributed by atoms with van der Waals surface area (Å²) in [7, 11) is -3.56. The number of hydrogen-bond acceptors (Lipinski definition) is 8. The number of benzene rings is 3. The third kappa shape index (κ3) is 7.39. The largest absolute Gasteiger partial charge is 0.451 e. The Morgan fingerprint density at radius 3 is 2.35 bits per heavy atom. The van der Waals surface area contributed by atoms with E-state index in [9.17, 15) is 27.6 Å². The van der Waals surface area contributed by atoms with Gasteiger partial charge in [0.15, 0.2) is 21.0 Å². The predicted octanol–water partition coefficient (Wildman–Crippen LogP) is 3.66. The third-order valence-electron chi connectivity index (χ3n) is 8.76. The van der Waals surface area contributed by atoms with Crippen molar-refractivity contribution in [2.45, 2.75) is 36.7 Å². The number of anilines is 1. The lowest BCUT2D eigenvalue weighted by molar-refractivity contribution is -0.133. The number of nitrogens with one attached hydrogen (secondary N) is 1. The predicted molar refractivity (Wildman–Crippen MR) is 182 cm³/mol. The summed E-state index contributed by atoms with van der Waals surface area (Å²) in [6, 6.07) is 18.9. The van der Waals surface area contributed by atoms with E-state index in [-0.39, 0.29) is 39.9 Å². The van der Waals surface area contributed by atoms with Crippen molar-refractivity contribution in [3.8, 4) is 0 Å². The van der Waals surface area contributed by atoms with Crippen LogP contribution in [-0.2, 0) is 32.4 Å². The van der Waals surface area contributed by atoms with Gasteiger partial charge in [-0.2, -0.15) is 0 Å². The fourth-order valence-corrected chi connectivity index (χ4v) is 6.95. The molecule has 0 aliphatic carbocycles. The first-order chi connectivity index (χ1) is 23.0. The van der Waals surface area contributed by atoms with Gasteiger partial charge in [0.25, 0.3) is 5.91 Å². The Morgan fingerprint density at radius 2 is 1.67 bits per heavy atom. The van der Waals surface area contributed by atoms with Crippen LogP contribution in [0.15, 0.2) is 86.9 Å². The van der Waals surface area contributed by atoms with E-state index in [0.717, 1.165) is 42.1 Å². The summed E-state index contributed by atoms with van der Waals surface area (Å²) >= 11 is 6.08. The minimum Gasteiger partial charge on any atom is -0.451 e. The molecule has 0 unspecified atom stereocenters. The number of para-hydroxylation sites is 1. The molecular weight excluding hydrogens is 656 g/mol. The standard InChI is InChI=1S/C35H35ClN4O7S/c1-48(45,46)26-12-13-31-27(20-26)30(41)21-32(47-31)34(43)37-28(19-23-8-10-25(36)11-9-23)35(44)39-17-15-38(16-18-39)29-6-3-2-5-24(29)22-40-14-4-7-33(40)42/h2-3,5-6,8-13,20-21,28H,4,7,14-19,22H2,1H3,(H,37,43)/t28-/m1/s1. The van der Waals surface area contributed by atoms with Crippen molar-refractivity contribution in [1.29, 1.82) is 0 Å². The summed E-state index contributed by atoms with van der Waals surface area (Å²) in [6.45, 7) is 3.25. The van der Waals surface area contributed by atoms with Crippen LogP contribution in [-0.4, -0.2) is 81.0 Å². The van der Waals surface area contributed by atoms with Crippen LogP contribution in [0.5, 0.6) is 0 Å². The molecule has 2 saturated heterocycles. The van der Waals surface area contributed by atoms with Crippen molar-refractivity contribution in [2.75, 3.05) is 43.9 Å². The fourth-order valence-electron chi connectivity index (χ4n) is 6.18. The molecule has 2 aliphatic rings. The number of carbonyl (C=O) groups is 3. The van der Waals surface area contributed by atoms with Crippen LogP contribution >= 0.6 is 11.6 Å². The van der Waals surface area contributed by atoms with Gasteiger partial charge >= 0.3 is 0 Å². The fraction of sp³-hybridized carbons (Fsp3) is 0.314. The van der Waals surface area contributed by atoms with E-state index in [1.54, 1.807) is 29.2 Å². The van der Waals surface area contributed by atoms with E-state index < -0.39 is 27.2 Å². The number of piperazine rings is 1. The molecule has 11 nitrogen and oxygen atoms in total. The highest BCUT2D eigenvalue weighted by Gasteiger charge is 2.31. The van der Waals surface area contributed by atoms with Crippen LogP contribution in [0, 0.1) is 0 Å². The van der Waals surface area contributed by atoms with E-state index in [0.29, 0.717) is 44.2 Å². The Bertz CT molecular complexity index is 2040. The quantitative estimate of drug-likeness (QED) is 0.281. The van der Waals surface area contributed by atoms with Gasteiger partial charge in [0.2, 0.25) is 11.8 Å². The molecule has 0 spiro atoms. The average molecular weight is 691 g/mol. The molecule has 0 bridgehead atoms. The highest BCUT2D eigenvalue weighted by molar-refractivity contribution is 7.90. The molecule has 6 rings (SSSR count). The lowest BCUT2D eigenvalue weighted by Gasteiger charge is -2.38. The van der Waals surface area contributed by atoms with Gasteiger partial charge in [0.1, 0.15) is 11.6 Å². The van der Waals surface area contributed by atoms with Crippen LogP contribution in [0.1, 0.15) is 34.5 Å². The highest BCUT2D eigenvalue weighted by Crippen LogP contribution is 2.26. The van der Waals surface area contributed by atoms with Gasteiger partial charge in [0, 0.05) is 75.1 Å². The van der Waals surface area contributed by atoms with Crippen molar-refractivity contribution >= 4 is 55.8 Å². The molecule has 1 aromatic heterocycles. The van der Waals surface area contributed by atoms with Crippen molar-refractivity contribution in [2.24, 2.45) is 0 Å². The smallest absolute Gasteiger partial charge is 0.287 e. The molecule has 2 fully saturated rings. The molecule has 250 valence electrons. The summed E-state index contributed by atoms with van der Waals surface area (Å²) < 4.78 is 29.7. The number of halogens is 1. The zero-order valence-electron chi connectivity index (χ0n) is 26.4. The summed E-state index contributed by atoms with van der Waals surface area (Å²) in [4.78, 5) is 58.4. The Labute approximate surface area is 283 Å². The number of hydrogen-bond donors (Lipinski definition) is 1. The summed E-state index contributed by atoms with van der Waals surface area (Å²) in [5.41, 5.74) is 2.33. The number of nitrogens with zero attached hydrogens (tertiary/aromatic N) is 3. The third-order valence-corrected chi connectivity index (χ3v) is 10.1. The number of rotatable bonds is 9. The van der Waals surface area contributed by atoms with Gasteiger partial charge in [-0.3, -0.25) is 19.2 Å². The Hall–Kier alpha value is -4.68. The number of sulfone groups is 1. The minimum absolute atomic E-state index is 0.0229. The lowest BCUT2D eigenvalue weighted by atomic mass is 10.0. The maximum atomic E-state index is 14.0. The topological polar surface area (TPSA) is 137 Å². The van der Waals surface area contributed by atoms with Crippen molar-refractivity contribution in [3.63, 3.8) is 0 Å². The molecule has 4 aromatic rings. The monoisotopic (exact) mass is 690 g/mol. The van der Waals surface area contributed by atoms with Crippen molar-refractivity contribution < 1.29 is 27.2 Å². The second kappa shape index (κ2) is 13.8. The maximum Gasteiger partial charge on any atom is 0.287 e. The average Bonchev–Trinajstić information content (AvgIpc) is 3.48. The molecule has 1 atom stereocenters. The normalized spacial score (nSPS) is 16.0. The molecule has 2 aliphatic heterocycles. The molecule has 13 heteroatoms. The van der Waals surface area contributed by atoms with E-state index >= 15 is 0 Å². The van der Waals surface area contributed by atoms with E-state index in [1.807, 2.05) is 29.2 Å². The first kappa shape index (κ1) is 33.2. The number of fused-ring (bicyclic) bond motifs is 1. The van der Waals surface area contributed by atoms with E-state index in [2.05, 4.69) is 10.2 Å². The maximum absolute atomic E-state index is 14.0. The first-order valence-corrected chi connectivity index (χ1v) is 18.0. The zero-order chi connectivity index (χ0) is 34.0. The molecule has 3 aromatic carbocycles. The Balaban J connectivity index is 1.19. The Kier molecular flexibility index (Phi) is 9.56. The number of amides is 3. The summed E-state index contributed by atoms with van der Waals surface area (Å²) in [5, 5.41) is 3.33. The summed E-state index contributed by atoms with van der Waals surface area (Å²) in [5.74, 6) is -1.17. The first-order valence-electron chi connectivity index (χ1n) is 15.7. The molecule has 48 heavy (non-hydrogen) atoms.